The number of hydrogen-bond acceptors (Lipinski definition) is 2. The van der Waals surface area contributed by atoms with E-state index in [0.717, 1.165) is 10.7 Å². The molecule has 0 spiro atoms. The quantitative estimate of drug-likeness (QED) is 0.639. The first-order valence-corrected chi connectivity index (χ1v) is 7.56. The largest absolute Gasteiger partial charge is 0.417 e. The lowest BCUT2D eigenvalue weighted by atomic mass is 10.1. The molecule has 3 aromatic rings. The maximum atomic E-state index is 14.1. The lowest BCUT2D eigenvalue weighted by Crippen LogP contribution is -2.23. The van der Waals surface area contributed by atoms with Crippen molar-refractivity contribution >= 4 is 22.6 Å². The van der Waals surface area contributed by atoms with Crippen molar-refractivity contribution in [3.63, 3.8) is 0 Å². The lowest BCUT2D eigenvalue weighted by Gasteiger charge is -2.09. The minimum atomic E-state index is -4.70. The van der Waals surface area contributed by atoms with Gasteiger partial charge in [-0.25, -0.2) is 14.1 Å². The summed E-state index contributed by atoms with van der Waals surface area (Å²) in [5, 5.41) is -0.669. The molecule has 0 unspecified atom stereocenters. The van der Waals surface area contributed by atoms with Crippen molar-refractivity contribution in [1.82, 2.24) is 14.3 Å². The van der Waals surface area contributed by atoms with E-state index >= 15 is 0 Å². The highest BCUT2D eigenvalue weighted by Crippen LogP contribution is 2.33. The van der Waals surface area contributed by atoms with E-state index in [9.17, 15) is 22.4 Å². The highest BCUT2D eigenvalue weighted by Gasteiger charge is 2.36. The molecule has 0 saturated carbocycles. The molecule has 2 heterocycles. The summed E-state index contributed by atoms with van der Waals surface area (Å²) in [7, 11) is 1.40. The molecule has 0 N–H and O–H groups in total. The molecule has 0 fully saturated rings. The van der Waals surface area contributed by atoms with Crippen LogP contribution in [0.4, 0.5) is 17.6 Å². The smallest absolute Gasteiger partial charge is 0.268 e. The average Bonchev–Trinajstić information content (AvgIpc) is 2.75. The molecular weight excluding hydrogens is 362 g/mol. The van der Waals surface area contributed by atoms with E-state index in [0.29, 0.717) is 0 Å². The molecule has 2 aromatic heterocycles. The van der Waals surface area contributed by atoms with Crippen LogP contribution in [0.3, 0.4) is 0 Å². The minimum absolute atomic E-state index is 0.0887. The van der Waals surface area contributed by atoms with Gasteiger partial charge >= 0.3 is 6.18 Å². The van der Waals surface area contributed by atoms with E-state index in [1.54, 1.807) is 0 Å². The summed E-state index contributed by atoms with van der Waals surface area (Å²) in [5.41, 5.74) is -1.84. The summed E-state index contributed by atoms with van der Waals surface area (Å²) in [4.78, 5) is 16.6. The monoisotopic (exact) mass is 373 g/mol. The van der Waals surface area contributed by atoms with Gasteiger partial charge in [-0.2, -0.15) is 13.2 Å². The molecule has 0 aliphatic heterocycles. The molecular formula is C16H12ClF4N3O. The Morgan fingerprint density at radius 2 is 1.96 bits per heavy atom. The third kappa shape index (κ3) is 2.90. The number of aromatic nitrogens is 3. The van der Waals surface area contributed by atoms with Gasteiger partial charge in [-0.05, 0) is 19.1 Å². The van der Waals surface area contributed by atoms with Crippen molar-refractivity contribution in [2.45, 2.75) is 19.6 Å². The van der Waals surface area contributed by atoms with Gasteiger partial charge in [0.25, 0.3) is 5.56 Å². The number of nitrogens with zero attached hydrogens (tertiary/aromatic N) is 3. The number of aryl methyl sites for hydroxylation is 2. The maximum absolute atomic E-state index is 14.1. The Hall–Kier alpha value is -2.35. The molecule has 9 heteroatoms. The van der Waals surface area contributed by atoms with Crippen molar-refractivity contribution in [2.24, 2.45) is 7.05 Å². The Bertz CT molecular complexity index is 1040. The van der Waals surface area contributed by atoms with E-state index in [1.807, 2.05) is 0 Å². The number of pyridine rings is 1. The molecule has 25 heavy (non-hydrogen) atoms. The molecule has 4 nitrogen and oxygen atoms in total. The highest BCUT2D eigenvalue weighted by molar-refractivity contribution is 6.30. The van der Waals surface area contributed by atoms with Gasteiger partial charge < -0.3 is 0 Å². The molecule has 0 amide bonds. The Morgan fingerprint density at radius 3 is 2.60 bits per heavy atom. The van der Waals surface area contributed by atoms with Gasteiger partial charge in [0, 0.05) is 18.3 Å². The first kappa shape index (κ1) is 17.5. The predicted octanol–water partition coefficient (Wildman–Crippen LogP) is 3.90. The third-order valence-corrected chi connectivity index (χ3v) is 4.19. The van der Waals surface area contributed by atoms with Gasteiger partial charge in [-0.1, -0.05) is 23.7 Å². The number of alkyl halides is 3. The molecule has 0 saturated heterocycles. The summed E-state index contributed by atoms with van der Waals surface area (Å²) < 4.78 is 56.2. The number of benzene rings is 1. The van der Waals surface area contributed by atoms with Crippen LogP contribution in [0.15, 0.2) is 29.1 Å². The predicted molar refractivity (Wildman–Crippen MR) is 85.2 cm³/mol. The van der Waals surface area contributed by atoms with E-state index < -0.39 is 28.5 Å². The summed E-state index contributed by atoms with van der Waals surface area (Å²) in [6.07, 6.45) is -4.70. The van der Waals surface area contributed by atoms with Crippen LogP contribution >= 0.6 is 11.6 Å². The third-order valence-electron chi connectivity index (χ3n) is 3.90. The number of rotatable bonds is 2. The first-order chi connectivity index (χ1) is 11.6. The lowest BCUT2D eigenvalue weighted by molar-refractivity contribution is -0.136. The van der Waals surface area contributed by atoms with Crippen molar-refractivity contribution in [3.05, 3.63) is 62.3 Å². The fraction of sp³-hybridized carbons (Fsp3) is 0.250. The van der Waals surface area contributed by atoms with Crippen LogP contribution in [-0.4, -0.2) is 14.3 Å². The van der Waals surface area contributed by atoms with Crippen LogP contribution in [-0.2, 0) is 19.8 Å². The number of halogens is 5. The Labute approximate surface area is 144 Å². The fourth-order valence-electron chi connectivity index (χ4n) is 2.71. The van der Waals surface area contributed by atoms with Crippen LogP contribution in [0.5, 0.6) is 0 Å². The number of fused-ring (bicyclic) bond motifs is 1. The van der Waals surface area contributed by atoms with Gasteiger partial charge in [0.05, 0.1) is 22.5 Å². The number of hydrogen-bond donors (Lipinski definition) is 0. The van der Waals surface area contributed by atoms with Gasteiger partial charge in [-0.3, -0.25) is 9.48 Å². The van der Waals surface area contributed by atoms with Gasteiger partial charge in [0.2, 0.25) is 0 Å². The second-order valence-corrected chi connectivity index (χ2v) is 6.01. The maximum Gasteiger partial charge on any atom is 0.417 e. The van der Waals surface area contributed by atoms with Crippen molar-refractivity contribution in [2.75, 3.05) is 0 Å². The highest BCUT2D eigenvalue weighted by atomic mass is 35.5. The van der Waals surface area contributed by atoms with Crippen molar-refractivity contribution in [1.29, 1.82) is 0 Å². The van der Waals surface area contributed by atoms with E-state index in [2.05, 4.69) is 4.98 Å². The topological polar surface area (TPSA) is 39.8 Å². The van der Waals surface area contributed by atoms with Crippen LogP contribution in [0.1, 0.15) is 16.8 Å². The second kappa shape index (κ2) is 5.87. The SMILES string of the molecule is Cc1cc(C(F)(F)F)c2c(=O)n(Cc3cccc(Cl)c3F)n(C)c2n1. The molecule has 132 valence electrons. The molecule has 0 bridgehead atoms. The minimum Gasteiger partial charge on any atom is -0.268 e. The normalized spacial score (nSPS) is 12.1. The summed E-state index contributed by atoms with van der Waals surface area (Å²) in [6, 6.07) is 5.08. The molecule has 1 aromatic carbocycles. The van der Waals surface area contributed by atoms with Crippen LogP contribution < -0.4 is 5.56 Å². The molecule has 0 aliphatic carbocycles. The summed E-state index contributed by atoms with van der Waals surface area (Å²) >= 11 is 5.71. The molecule has 0 radical (unpaired) electrons. The molecule has 0 aliphatic rings. The summed E-state index contributed by atoms with van der Waals surface area (Å²) in [5.74, 6) is -0.721. The van der Waals surface area contributed by atoms with E-state index in [4.69, 9.17) is 11.6 Å². The van der Waals surface area contributed by atoms with Gasteiger partial charge in [0.1, 0.15) is 5.82 Å². The molecule has 0 atom stereocenters. The standard InChI is InChI=1S/C16H12ClF4N3O/c1-8-6-10(16(19,20)21)12-14(22-8)23(2)24(15(12)25)7-9-4-3-5-11(17)13(9)18/h3-6H,7H2,1-2H3. The molecule has 3 rings (SSSR count). The first-order valence-electron chi connectivity index (χ1n) is 7.18. The van der Waals surface area contributed by atoms with Crippen LogP contribution in [0.2, 0.25) is 5.02 Å². The van der Waals surface area contributed by atoms with E-state index in [1.165, 1.54) is 36.9 Å². The average molecular weight is 374 g/mol. The van der Waals surface area contributed by atoms with E-state index in [-0.39, 0.29) is 28.5 Å². The van der Waals surface area contributed by atoms with Gasteiger partial charge in [-0.15, -0.1) is 0 Å². The summed E-state index contributed by atoms with van der Waals surface area (Å²) in [6.45, 7) is 1.14. The van der Waals surface area contributed by atoms with Crippen molar-refractivity contribution < 1.29 is 17.6 Å². The second-order valence-electron chi connectivity index (χ2n) is 5.61. The zero-order valence-corrected chi connectivity index (χ0v) is 13.9. The Balaban J connectivity index is 2.28. The van der Waals surface area contributed by atoms with Crippen molar-refractivity contribution in [3.8, 4) is 0 Å². The fourth-order valence-corrected chi connectivity index (χ4v) is 2.91. The van der Waals surface area contributed by atoms with Gasteiger partial charge in [0.15, 0.2) is 5.65 Å². The zero-order chi connectivity index (χ0) is 18.5. The Morgan fingerprint density at radius 1 is 1.28 bits per heavy atom. The zero-order valence-electron chi connectivity index (χ0n) is 13.2. The van der Waals surface area contributed by atoms with Crippen LogP contribution in [0, 0.1) is 12.7 Å². The Kier molecular flexibility index (Phi) is 4.10. The van der Waals surface area contributed by atoms with Crippen LogP contribution in [0.25, 0.3) is 11.0 Å².